The van der Waals surface area contributed by atoms with Gasteiger partial charge in [0.15, 0.2) is 5.82 Å². The molecule has 0 radical (unpaired) electrons. The Morgan fingerprint density at radius 2 is 2.07 bits per heavy atom. The van der Waals surface area contributed by atoms with E-state index >= 15 is 0 Å². The molecule has 1 unspecified atom stereocenters. The fourth-order valence-electron chi connectivity index (χ4n) is 2.65. The predicted octanol–water partition coefficient (Wildman–Crippen LogP) is 2.20. The second kappa shape index (κ2) is 8.08. The molecule has 2 heterocycles. The monoisotopic (exact) mass is 378 g/mol. The molecule has 3 N–H and O–H groups in total. The van der Waals surface area contributed by atoms with Gasteiger partial charge in [-0.1, -0.05) is 6.07 Å². The van der Waals surface area contributed by atoms with E-state index in [0.29, 0.717) is 28.5 Å². The van der Waals surface area contributed by atoms with Crippen LogP contribution < -0.4 is 15.4 Å². The summed E-state index contributed by atoms with van der Waals surface area (Å²) in [7, 11) is 5.58. The molecule has 0 aliphatic rings. The van der Waals surface area contributed by atoms with Crippen LogP contribution in [0.5, 0.6) is 11.6 Å². The van der Waals surface area contributed by atoms with E-state index < -0.39 is 6.10 Å². The van der Waals surface area contributed by atoms with E-state index in [-0.39, 0.29) is 6.54 Å². The molecule has 144 valence electrons. The Bertz CT molecular complexity index is 1000. The van der Waals surface area contributed by atoms with Gasteiger partial charge in [0.25, 0.3) is 0 Å². The molecule has 1 aromatic carbocycles. The van der Waals surface area contributed by atoms with Crippen LogP contribution in [0.15, 0.2) is 42.6 Å². The van der Waals surface area contributed by atoms with E-state index in [9.17, 15) is 10.4 Å². The molecular weight excluding hydrogens is 356 g/mol. The van der Waals surface area contributed by atoms with Crippen LogP contribution >= 0.6 is 0 Å². The minimum atomic E-state index is -0.753. The van der Waals surface area contributed by atoms with E-state index in [1.165, 1.54) is 0 Å². The first-order chi connectivity index (χ1) is 13.4. The predicted molar refractivity (Wildman–Crippen MR) is 106 cm³/mol. The first-order valence-corrected chi connectivity index (χ1v) is 8.70. The number of anilines is 1. The lowest BCUT2D eigenvalue weighted by molar-refractivity contribution is 0.186. The molecule has 8 heteroatoms. The number of nitriles is 1. The molecule has 0 fully saturated rings. The van der Waals surface area contributed by atoms with Gasteiger partial charge in [0.2, 0.25) is 5.88 Å². The molecule has 0 saturated heterocycles. The van der Waals surface area contributed by atoms with Gasteiger partial charge in [-0.3, -0.25) is 4.98 Å². The van der Waals surface area contributed by atoms with Gasteiger partial charge in [-0.2, -0.15) is 10.4 Å². The molecule has 0 amide bonds. The minimum Gasteiger partial charge on any atom is -0.438 e. The lowest BCUT2D eigenvalue weighted by Crippen LogP contribution is -2.11. The standard InChI is InChI=1S/C20H22N6O2/c1-25(2)19-9-20(26(3)24-19)28-18-8-13(10-21)4-6-15(18)16-7-5-14(12-23-16)17(27)11-22/h4-9,12,17,27H,11,22H2,1-3H3. The number of ether oxygens (including phenoxy) is 1. The van der Waals surface area contributed by atoms with Crippen LogP contribution in [-0.4, -0.2) is 40.5 Å². The number of hydrogen-bond acceptors (Lipinski definition) is 7. The third kappa shape index (κ3) is 3.96. The van der Waals surface area contributed by atoms with Crippen molar-refractivity contribution in [3.63, 3.8) is 0 Å². The molecule has 2 aromatic heterocycles. The Kier molecular flexibility index (Phi) is 5.59. The molecule has 3 rings (SSSR count). The molecule has 0 spiro atoms. The van der Waals surface area contributed by atoms with Crippen molar-refractivity contribution in [2.75, 3.05) is 25.5 Å². The maximum absolute atomic E-state index is 9.85. The van der Waals surface area contributed by atoms with Crippen LogP contribution in [0.25, 0.3) is 11.3 Å². The van der Waals surface area contributed by atoms with E-state index in [4.69, 9.17) is 10.5 Å². The number of aliphatic hydroxyl groups excluding tert-OH is 1. The molecule has 3 aromatic rings. The van der Waals surface area contributed by atoms with Gasteiger partial charge >= 0.3 is 0 Å². The van der Waals surface area contributed by atoms with Crippen molar-refractivity contribution in [1.82, 2.24) is 14.8 Å². The zero-order valence-electron chi connectivity index (χ0n) is 16.0. The van der Waals surface area contributed by atoms with Crippen molar-refractivity contribution < 1.29 is 9.84 Å². The molecular formula is C20H22N6O2. The maximum atomic E-state index is 9.85. The number of pyridine rings is 1. The summed E-state index contributed by atoms with van der Waals surface area (Å²) in [6.45, 7) is 0.126. The van der Waals surface area contributed by atoms with E-state index in [1.807, 2.05) is 25.1 Å². The number of aliphatic hydroxyl groups is 1. The summed E-state index contributed by atoms with van der Waals surface area (Å²) in [4.78, 5) is 6.30. The molecule has 0 aliphatic carbocycles. The maximum Gasteiger partial charge on any atom is 0.219 e. The molecule has 0 aliphatic heterocycles. The Labute approximate surface area is 163 Å². The fourth-order valence-corrected chi connectivity index (χ4v) is 2.65. The molecule has 8 nitrogen and oxygen atoms in total. The summed E-state index contributed by atoms with van der Waals surface area (Å²) < 4.78 is 7.71. The summed E-state index contributed by atoms with van der Waals surface area (Å²) in [5, 5.41) is 23.5. The van der Waals surface area contributed by atoms with E-state index in [1.54, 1.807) is 48.3 Å². The largest absolute Gasteiger partial charge is 0.438 e. The molecule has 0 saturated carbocycles. The highest BCUT2D eigenvalue weighted by Gasteiger charge is 2.15. The van der Waals surface area contributed by atoms with E-state index in [2.05, 4.69) is 16.2 Å². The average Bonchev–Trinajstić information content (AvgIpc) is 3.08. The number of aromatic nitrogens is 3. The summed E-state index contributed by atoms with van der Waals surface area (Å²) in [6.07, 6.45) is 0.834. The number of nitrogens with zero attached hydrogens (tertiary/aromatic N) is 5. The average molecular weight is 378 g/mol. The first-order valence-electron chi connectivity index (χ1n) is 8.70. The summed E-state index contributed by atoms with van der Waals surface area (Å²) in [6, 6.07) is 12.7. The summed E-state index contributed by atoms with van der Waals surface area (Å²) in [5.41, 5.74) is 7.99. The van der Waals surface area contributed by atoms with Crippen molar-refractivity contribution in [2.45, 2.75) is 6.10 Å². The Morgan fingerprint density at radius 1 is 1.29 bits per heavy atom. The van der Waals surface area contributed by atoms with Crippen LogP contribution in [0.2, 0.25) is 0 Å². The van der Waals surface area contributed by atoms with Gasteiger partial charge in [-0.05, 0) is 24.3 Å². The highest BCUT2D eigenvalue weighted by Crippen LogP contribution is 2.34. The Morgan fingerprint density at radius 3 is 2.64 bits per heavy atom. The van der Waals surface area contributed by atoms with Crippen LogP contribution in [0, 0.1) is 11.3 Å². The van der Waals surface area contributed by atoms with Crippen LogP contribution in [0.4, 0.5) is 5.82 Å². The zero-order valence-corrected chi connectivity index (χ0v) is 16.0. The second-order valence-corrected chi connectivity index (χ2v) is 6.51. The van der Waals surface area contributed by atoms with Gasteiger partial charge < -0.3 is 20.5 Å². The van der Waals surface area contributed by atoms with Gasteiger partial charge in [0, 0.05) is 51.1 Å². The van der Waals surface area contributed by atoms with Crippen molar-refractivity contribution in [3.8, 4) is 29.0 Å². The third-order valence-electron chi connectivity index (χ3n) is 4.28. The third-order valence-corrected chi connectivity index (χ3v) is 4.28. The van der Waals surface area contributed by atoms with Crippen molar-refractivity contribution in [3.05, 3.63) is 53.7 Å². The molecule has 28 heavy (non-hydrogen) atoms. The summed E-state index contributed by atoms with van der Waals surface area (Å²) >= 11 is 0. The number of benzene rings is 1. The first kappa shape index (κ1) is 19.4. The molecule has 1 atom stereocenters. The van der Waals surface area contributed by atoms with Crippen LogP contribution in [0.3, 0.4) is 0 Å². The SMILES string of the molecule is CN(C)c1cc(Oc2cc(C#N)ccc2-c2ccc(C(O)CN)cn2)n(C)n1. The lowest BCUT2D eigenvalue weighted by atomic mass is 10.1. The number of hydrogen-bond donors (Lipinski definition) is 2. The highest BCUT2D eigenvalue weighted by atomic mass is 16.5. The molecule has 0 bridgehead atoms. The Hall–Kier alpha value is -3.41. The van der Waals surface area contributed by atoms with E-state index in [0.717, 1.165) is 11.4 Å². The minimum absolute atomic E-state index is 0.126. The topological polar surface area (TPSA) is 113 Å². The van der Waals surface area contributed by atoms with Crippen LogP contribution in [0.1, 0.15) is 17.2 Å². The smallest absolute Gasteiger partial charge is 0.219 e. The van der Waals surface area contributed by atoms with Crippen LogP contribution in [-0.2, 0) is 7.05 Å². The number of nitrogens with two attached hydrogens (primary N) is 1. The second-order valence-electron chi connectivity index (χ2n) is 6.51. The van der Waals surface area contributed by atoms with Gasteiger partial charge in [-0.25, -0.2) is 4.68 Å². The Balaban J connectivity index is 2.00. The zero-order chi connectivity index (χ0) is 20.3. The lowest BCUT2D eigenvalue weighted by Gasteiger charge is -2.12. The quantitative estimate of drug-likeness (QED) is 0.676. The number of rotatable bonds is 6. The van der Waals surface area contributed by atoms with Crippen molar-refractivity contribution in [2.24, 2.45) is 12.8 Å². The van der Waals surface area contributed by atoms with Crippen molar-refractivity contribution in [1.29, 1.82) is 5.26 Å². The normalized spacial score (nSPS) is 11.7. The van der Waals surface area contributed by atoms with Gasteiger partial charge in [-0.15, -0.1) is 0 Å². The van der Waals surface area contributed by atoms with Gasteiger partial charge in [0.1, 0.15) is 5.75 Å². The highest BCUT2D eigenvalue weighted by molar-refractivity contribution is 5.69. The fraction of sp³-hybridized carbons (Fsp3) is 0.250. The number of aryl methyl sites for hydroxylation is 1. The van der Waals surface area contributed by atoms with Gasteiger partial charge in [0.05, 0.1) is 23.4 Å². The van der Waals surface area contributed by atoms with Crippen molar-refractivity contribution >= 4 is 5.82 Å². The summed E-state index contributed by atoms with van der Waals surface area (Å²) in [5.74, 6) is 1.79.